The summed E-state index contributed by atoms with van der Waals surface area (Å²) in [5.74, 6) is -0.699. The molecule has 3 aromatic rings. The Kier molecular flexibility index (Phi) is 7.22. The number of ether oxygens (including phenoxy) is 1. The molecule has 1 unspecified atom stereocenters. The molecule has 0 spiro atoms. The van der Waals surface area contributed by atoms with Gasteiger partial charge in [-0.15, -0.1) is 0 Å². The molecule has 0 saturated carbocycles. The standard InChI is InChI=1S/C27H26F3NO3/c28-27(29,30)24-9-5-4-8-23(24)25(31-16-14-21(15-17-31)26(32)33)20-10-12-22(13-11-20)34-18-19-6-2-1-3-7-19/h1-13,21,25H,14-18H2,(H,32,33). The van der Waals surface area contributed by atoms with Crippen LogP contribution in [0.5, 0.6) is 5.75 Å². The van der Waals surface area contributed by atoms with Crippen LogP contribution in [-0.4, -0.2) is 29.1 Å². The number of carboxylic acid groups (broad SMARTS) is 1. The monoisotopic (exact) mass is 469 g/mol. The number of piperidine rings is 1. The fourth-order valence-corrected chi connectivity index (χ4v) is 4.47. The van der Waals surface area contributed by atoms with E-state index in [2.05, 4.69) is 0 Å². The van der Waals surface area contributed by atoms with Crippen LogP contribution in [0.2, 0.25) is 0 Å². The number of likely N-dealkylation sites (tertiary alicyclic amines) is 1. The van der Waals surface area contributed by atoms with Crippen molar-refractivity contribution in [1.82, 2.24) is 4.90 Å². The molecule has 0 radical (unpaired) electrons. The molecular weight excluding hydrogens is 443 g/mol. The average molecular weight is 470 g/mol. The van der Waals surface area contributed by atoms with Crippen LogP contribution in [-0.2, 0) is 17.6 Å². The summed E-state index contributed by atoms with van der Waals surface area (Å²) in [6.07, 6.45) is -3.69. The second-order valence-corrected chi connectivity index (χ2v) is 8.48. The highest BCUT2D eigenvalue weighted by Gasteiger charge is 2.38. The highest BCUT2D eigenvalue weighted by atomic mass is 19.4. The Labute approximate surface area is 196 Å². The molecule has 1 aliphatic heterocycles. The molecule has 1 atom stereocenters. The summed E-state index contributed by atoms with van der Waals surface area (Å²) in [7, 11) is 0. The van der Waals surface area contributed by atoms with Crippen LogP contribution >= 0.6 is 0 Å². The van der Waals surface area contributed by atoms with Gasteiger partial charge in [0.25, 0.3) is 0 Å². The zero-order chi connectivity index (χ0) is 24.1. The second kappa shape index (κ2) is 10.3. The summed E-state index contributed by atoms with van der Waals surface area (Å²) in [4.78, 5) is 13.3. The molecule has 4 rings (SSSR count). The Bertz CT molecular complexity index is 1090. The topological polar surface area (TPSA) is 49.8 Å². The average Bonchev–Trinajstić information content (AvgIpc) is 2.84. The van der Waals surface area contributed by atoms with Crippen molar-refractivity contribution >= 4 is 5.97 Å². The normalized spacial score (nSPS) is 16.2. The van der Waals surface area contributed by atoms with Gasteiger partial charge in [0.05, 0.1) is 17.5 Å². The second-order valence-electron chi connectivity index (χ2n) is 8.48. The van der Waals surface area contributed by atoms with Gasteiger partial charge >= 0.3 is 12.1 Å². The molecule has 0 bridgehead atoms. The molecule has 34 heavy (non-hydrogen) atoms. The zero-order valence-electron chi connectivity index (χ0n) is 18.5. The van der Waals surface area contributed by atoms with Crippen LogP contribution in [0.1, 0.15) is 41.1 Å². The van der Waals surface area contributed by atoms with Crippen LogP contribution in [0, 0.1) is 5.92 Å². The summed E-state index contributed by atoms with van der Waals surface area (Å²) < 4.78 is 47.4. The molecule has 1 heterocycles. The van der Waals surface area contributed by atoms with Gasteiger partial charge in [-0.2, -0.15) is 13.2 Å². The summed E-state index contributed by atoms with van der Waals surface area (Å²) in [5.41, 5.74) is 1.22. The van der Waals surface area contributed by atoms with Gasteiger partial charge < -0.3 is 9.84 Å². The van der Waals surface area contributed by atoms with Gasteiger partial charge in [-0.25, -0.2) is 0 Å². The van der Waals surface area contributed by atoms with Gasteiger partial charge in [-0.05, 0) is 60.8 Å². The fraction of sp³-hybridized carbons (Fsp3) is 0.296. The molecule has 1 fully saturated rings. The first kappa shape index (κ1) is 23.8. The van der Waals surface area contributed by atoms with E-state index in [1.165, 1.54) is 12.1 Å². The number of benzene rings is 3. The molecule has 0 aromatic heterocycles. The number of carbonyl (C=O) groups is 1. The van der Waals surface area contributed by atoms with E-state index in [0.717, 1.165) is 11.6 Å². The minimum atomic E-state index is -4.49. The predicted molar refractivity (Wildman–Crippen MR) is 122 cm³/mol. The Morgan fingerprint density at radius 1 is 0.941 bits per heavy atom. The molecule has 1 saturated heterocycles. The maximum Gasteiger partial charge on any atom is 0.416 e. The van der Waals surface area contributed by atoms with Crippen molar-refractivity contribution in [3.8, 4) is 5.75 Å². The number of halogens is 3. The van der Waals surface area contributed by atoms with Gasteiger partial charge in [0.2, 0.25) is 0 Å². The molecule has 0 amide bonds. The van der Waals surface area contributed by atoms with E-state index in [0.29, 0.717) is 43.9 Å². The summed E-state index contributed by atoms with van der Waals surface area (Å²) in [6, 6.07) is 21.8. The quantitative estimate of drug-likeness (QED) is 0.450. The van der Waals surface area contributed by atoms with Gasteiger partial charge in [0, 0.05) is 0 Å². The van der Waals surface area contributed by atoms with Crippen LogP contribution in [0.3, 0.4) is 0 Å². The first-order valence-corrected chi connectivity index (χ1v) is 11.2. The highest BCUT2D eigenvalue weighted by Crippen LogP contribution is 2.40. The number of alkyl halides is 3. The third-order valence-electron chi connectivity index (χ3n) is 6.25. The van der Waals surface area contributed by atoms with Crippen molar-refractivity contribution in [2.75, 3.05) is 13.1 Å². The molecule has 1 aliphatic rings. The lowest BCUT2D eigenvalue weighted by molar-refractivity contribution is -0.143. The third-order valence-corrected chi connectivity index (χ3v) is 6.25. The minimum Gasteiger partial charge on any atom is -0.489 e. The van der Waals surface area contributed by atoms with E-state index in [4.69, 9.17) is 4.74 Å². The minimum absolute atomic E-state index is 0.168. The zero-order valence-corrected chi connectivity index (χ0v) is 18.5. The number of aliphatic carboxylic acids is 1. The third kappa shape index (κ3) is 5.59. The molecule has 1 N–H and O–H groups in total. The lowest BCUT2D eigenvalue weighted by atomic mass is 9.89. The molecule has 0 aliphatic carbocycles. The largest absolute Gasteiger partial charge is 0.489 e. The van der Waals surface area contributed by atoms with Gasteiger partial charge in [0.1, 0.15) is 12.4 Å². The first-order chi connectivity index (χ1) is 16.3. The Hall–Kier alpha value is -3.32. The lowest BCUT2D eigenvalue weighted by Crippen LogP contribution is -2.39. The summed E-state index contributed by atoms with van der Waals surface area (Å²) in [6.45, 7) is 1.20. The number of hydrogen-bond donors (Lipinski definition) is 1. The van der Waals surface area contributed by atoms with Crippen LogP contribution in [0.4, 0.5) is 13.2 Å². The maximum absolute atomic E-state index is 13.9. The Balaban J connectivity index is 1.62. The number of nitrogens with zero attached hydrogens (tertiary/aromatic N) is 1. The molecular formula is C27H26F3NO3. The van der Waals surface area contributed by atoms with Crippen molar-refractivity contribution in [1.29, 1.82) is 0 Å². The summed E-state index contributed by atoms with van der Waals surface area (Å²) >= 11 is 0. The molecule has 7 heteroatoms. The smallest absolute Gasteiger partial charge is 0.416 e. The number of carboxylic acids is 1. The van der Waals surface area contributed by atoms with E-state index in [9.17, 15) is 23.1 Å². The van der Waals surface area contributed by atoms with Gasteiger partial charge in [-0.3, -0.25) is 9.69 Å². The van der Waals surface area contributed by atoms with E-state index in [-0.39, 0.29) is 5.56 Å². The fourth-order valence-electron chi connectivity index (χ4n) is 4.47. The molecule has 178 valence electrons. The maximum atomic E-state index is 13.9. The highest BCUT2D eigenvalue weighted by molar-refractivity contribution is 5.70. The SMILES string of the molecule is O=C(O)C1CCN(C(c2ccc(OCc3ccccc3)cc2)c2ccccc2C(F)(F)F)CC1. The van der Waals surface area contributed by atoms with Crippen LogP contribution in [0.25, 0.3) is 0 Å². The van der Waals surface area contributed by atoms with Gasteiger partial charge in [-0.1, -0.05) is 60.7 Å². The van der Waals surface area contributed by atoms with Crippen molar-refractivity contribution in [3.05, 3.63) is 101 Å². The Morgan fingerprint density at radius 3 is 2.18 bits per heavy atom. The number of rotatable bonds is 7. The predicted octanol–water partition coefficient (Wildman–Crippen LogP) is 6.17. The van der Waals surface area contributed by atoms with Gasteiger partial charge in [0.15, 0.2) is 0 Å². The van der Waals surface area contributed by atoms with E-state index in [1.54, 1.807) is 30.3 Å². The van der Waals surface area contributed by atoms with E-state index in [1.807, 2.05) is 35.2 Å². The van der Waals surface area contributed by atoms with Crippen molar-refractivity contribution in [3.63, 3.8) is 0 Å². The van der Waals surface area contributed by atoms with Crippen LogP contribution < -0.4 is 4.74 Å². The number of hydrogen-bond acceptors (Lipinski definition) is 3. The molecule has 4 nitrogen and oxygen atoms in total. The van der Waals surface area contributed by atoms with Crippen molar-refractivity contribution in [2.45, 2.75) is 31.7 Å². The summed E-state index contributed by atoms with van der Waals surface area (Å²) in [5, 5.41) is 9.33. The van der Waals surface area contributed by atoms with E-state index < -0.39 is 29.7 Å². The van der Waals surface area contributed by atoms with E-state index >= 15 is 0 Å². The molecule has 3 aromatic carbocycles. The Morgan fingerprint density at radius 2 is 1.56 bits per heavy atom. The van der Waals surface area contributed by atoms with Crippen molar-refractivity contribution in [2.24, 2.45) is 5.92 Å². The van der Waals surface area contributed by atoms with Crippen molar-refractivity contribution < 1.29 is 27.8 Å². The van der Waals surface area contributed by atoms with Crippen LogP contribution in [0.15, 0.2) is 78.9 Å². The first-order valence-electron chi connectivity index (χ1n) is 11.2. The lowest BCUT2D eigenvalue weighted by Gasteiger charge is -2.38.